The molecule has 0 saturated heterocycles. The first-order valence-corrected chi connectivity index (χ1v) is 9.20. The third-order valence-corrected chi connectivity index (χ3v) is 5.06. The second-order valence-electron chi connectivity index (χ2n) is 7.40. The molecule has 2 aliphatic rings. The van der Waals surface area contributed by atoms with Gasteiger partial charge in [0.05, 0.1) is 5.56 Å². The van der Waals surface area contributed by atoms with Gasteiger partial charge in [0.1, 0.15) is 11.3 Å². The van der Waals surface area contributed by atoms with E-state index in [1.54, 1.807) is 12.1 Å². The highest BCUT2D eigenvalue weighted by molar-refractivity contribution is 6.07. The normalized spacial score (nSPS) is 11.4. The molecule has 0 spiro atoms. The molecule has 1 heterocycles. The van der Waals surface area contributed by atoms with Crippen LogP contribution in [0.25, 0.3) is 33.4 Å². The summed E-state index contributed by atoms with van der Waals surface area (Å²) in [6, 6.07) is 16.0. The van der Waals surface area contributed by atoms with Crippen LogP contribution in [0, 0.1) is 6.92 Å². The average molecular weight is 372 g/mol. The van der Waals surface area contributed by atoms with E-state index in [1.165, 1.54) is 12.1 Å². The summed E-state index contributed by atoms with van der Waals surface area (Å²) >= 11 is 0. The van der Waals surface area contributed by atoms with Crippen LogP contribution in [0.2, 0.25) is 0 Å². The van der Waals surface area contributed by atoms with Crippen molar-refractivity contribution in [3.63, 3.8) is 0 Å². The summed E-state index contributed by atoms with van der Waals surface area (Å²) in [5.74, 6) is -0.311. The molecule has 0 amide bonds. The van der Waals surface area contributed by atoms with Gasteiger partial charge in [-0.25, -0.2) is 4.79 Å². The number of aryl methyl sites for hydroxylation is 1. The molecule has 0 fully saturated rings. The monoisotopic (exact) mass is 372 g/mol. The first-order valence-electron chi connectivity index (χ1n) is 9.20. The fourth-order valence-corrected chi connectivity index (χ4v) is 3.58. The fraction of sp³-hybridized carbons (Fsp3) is 0.167. The molecule has 4 nitrogen and oxygen atoms in total. The van der Waals surface area contributed by atoms with Crippen LogP contribution in [0.4, 0.5) is 0 Å². The zero-order valence-corrected chi connectivity index (χ0v) is 15.9. The number of benzene rings is 3. The van der Waals surface area contributed by atoms with Gasteiger partial charge < -0.3 is 9.52 Å². The predicted molar refractivity (Wildman–Crippen MR) is 110 cm³/mol. The summed E-state index contributed by atoms with van der Waals surface area (Å²) in [7, 11) is 0. The minimum Gasteiger partial charge on any atom is -0.478 e. The summed E-state index contributed by atoms with van der Waals surface area (Å²) in [6.07, 6.45) is 0. The van der Waals surface area contributed by atoms with Crippen molar-refractivity contribution in [1.82, 2.24) is 0 Å². The van der Waals surface area contributed by atoms with E-state index < -0.39 is 5.97 Å². The lowest BCUT2D eigenvalue weighted by molar-refractivity contribution is 0.0697. The summed E-state index contributed by atoms with van der Waals surface area (Å²) in [5, 5.41) is 10.7. The molecule has 1 N–H and O–H groups in total. The lowest BCUT2D eigenvalue weighted by Gasteiger charge is -2.18. The quantitative estimate of drug-likeness (QED) is 0.469. The van der Waals surface area contributed by atoms with E-state index in [4.69, 9.17) is 4.42 Å². The van der Waals surface area contributed by atoms with Crippen molar-refractivity contribution in [1.29, 1.82) is 0 Å². The lowest BCUT2D eigenvalue weighted by atomic mass is 9.88. The Hall–Kier alpha value is -3.40. The van der Waals surface area contributed by atoms with E-state index in [-0.39, 0.29) is 16.9 Å². The molecule has 0 bridgehead atoms. The molecule has 0 radical (unpaired) electrons. The van der Waals surface area contributed by atoms with Crippen LogP contribution in [0.15, 0.2) is 63.8 Å². The number of carboxylic acid groups (broad SMARTS) is 1. The number of hydrogen-bond acceptors (Lipinski definition) is 3. The second-order valence-corrected chi connectivity index (χ2v) is 7.40. The molecule has 140 valence electrons. The van der Waals surface area contributed by atoms with Gasteiger partial charge in [-0.1, -0.05) is 38.1 Å². The molecule has 4 rings (SSSR count). The zero-order chi connectivity index (χ0) is 20.0. The third kappa shape index (κ3) is 2.97. The van der Waals surface area contributed by atoms with Gasteiger partial charge in [-0.05, 0) is 53.8 Å². The summed E-state index contributed by atoms with van der Waals surface area (Å²) in [4.78, 5) is 24.0. The molecule has 0 saturated carbocycles. The van der Waals surface area contributed by atoms with E-state index in [0.29, 0.717) is 16.9 Å². The number of hydrogen-bond donors (Lipinski definition) is 1. The van der Waals surface area contributed by atoms with Gasteiger partial charge in [-0.3, -0.25) is 4.79 Å². The van der Waals surface area contributed by atoms with Crippen LogP contribution in [-0.4, -0.2) is 11.1 Å². The van der Waals surface area contributed by atoms with Crippen molar-refractivity contribution in [2.24, 2.45) is 0 Å². The molecule has 1 aliphatic carbocycles. The third-order valence-electron chi connectivity index (χ3n) is 5.06. The van der Waals surface area contributed by atoms with E-state index in [1.807, 2.05) is 51.1 Å². The minimum absolute atomic E-state index is 0.150. The summed E-state index contributed by atoms with van der Waals surface area (Å²) in [6.45, 7) is 6.03. The molecular weight excluding hydrogens is 352 g/mol. The first kappa shape index (κ1) is 18.0. The maximum Gasteiger partial charge on any atom is 0.336 e. The Balaban J connectivity index is 2.16. The van der Waals surface area contributed by atoms with Gasteiger partial charge in [0.15, 0.2) is 5.43 Å². The molecule has 0 aromatic heterocycles. The number of fused-ring (bicyclic) bond motifs is 2. The van der Waals surface area contributed by atoms with E-state index >= 15 is 0 Å². The van der Waals surface area contributed by atoms with Crippen LogP contribution in [0.1, 0.15) is 41.3 Å². The standard InChI is InChI=1S/C24H20O4/c1-13(2)15-5-8-17(20(11-15)24(26)27)23-18-7-4-14(3)10-21(18)28-22-12-16(25)6-9-19(22)23/h4-13H,1-3H3,(H,26,27). The van der Waals surface area contributed by atoms with Crippen LogP contribution < -0.4 is 5.43 Å². The largest absolute Gasteiger partial charge is 0.478 e. The molecule has 0 unspecified atom stereocenters. The van der Waals surface area contributed by atoms with E-state index in [0.717, 1.165) is 27.6 Å². The molecule has 2 aromatic rings. The Labute approximate surface area is 162 Å². The zero-order valence-electron chi connectivity index (χ0n) is 15.9. The van der Waals surface area contributed by atoms with Gasteiger partial charge in [0, 0.05) is 22.6 Å². The number of carboxylic acids is 1. The Bertz CT molecular complexity index is 1250. The number of carbonyl (C=O) groups is 1. The van der Waals surface area contributed by atoms with Gasteiger partial charge >= 0.3 is 5.97 Å². The van der Waals surface area contributed by atoms with Crippen LogP contribution >= 0.6 is 0 Å². The van der Waals surface area contributed by atoms with Gasteiger partial charge in [0.25, 0.3) is 0 Å². The molecule has 2 aromatic carbocycles. The first-order chi connectivity index (χ1) is 13.3. The maximum atomic E-state index is 12.1. The SMILES string of the molecule is Cc1ccc2c(-c3ccc(C(C)C)cc3C(=O)O)c3ccc(=O)cc-3oc2c1. The lowest BCUT2D eigenvalue weighted by Crippen LogP contribution is -2.05. The Morgan fingerprint density at radius 1 is 0.964 bits per heavy atom. The van der Waals surface area contributed by atoms with Gasteiger partial charge in [0.2, 0.25) is 0 Å². The Morgan fingerprint density at radius 2 is 1.71 bits per heavy atom. The Kier molecular flexibility index (Phi) is 4.27. The number of rotatable bonds is 3. The van der Waals surface area contributed by atoms with Crippen molar-refractivity contribution in [3.8, 4) is 22.5 Å². The fourth-order valence-electron chi connectivity index (χ4n) is 3.58. The summed E-state index contributed by atoms with van der Waals surface area (Å²) in [5.41, 5.74) is 4.80. The topological polar surface area (TPSA) is 67.5 Å². The molecule has 28 heavy (non-hydrogen) atoms. The maximum absolute atomic E-state index is 12.1. The van der Waals surface area contributed by atoms with Crippen LogP contribution in [0.5, 0.6) is 0 Å². The second kappa shape index (κ2) is 6.64. The Morgan fingerprint density at radius 3 is 2.43 bits per heavy atom. The average Bonchev–Trinajstić information content (AvgIpc) is 2.65. The van der Waals surface area contributed by atoms with Crippen LogP contribution in [0.3, 0.4) is 0 Å². The highest BCUT2D eigenvalue weighted by Crippen LogP contribution is 2.41. The van der Waals surface area contributed by atoms with E-state index in [9.17, 15) is 14.7 Å². The van der Waals surface area contributed by atoms with Crippen molar-refractivity contribution < 1.29 is 14.3 Å². The molecule has 0 atom stereocenters. The minimum atomic E-state index is -0.979. The molecule has 1 aliphatic heterocycles. The summed E-state index contributed by atoms with van der Waals surface area (Å²) < 4.78 is 5.98. The molecular formula is C24H20O4. The van der Waals surface area contributed by atoms with Crippen molar-refractivity contribution in [3.05, 3.63) is 81.5 Å². The molecule has 4 heteroatoms. The van der Waals surface area contributed by atoms with Crippen molar-refractivity contribution >= 4 is 16.9 Å². The van der Waals surface area contributed by atoms with Crippen molar-refractivity contribution in [2.75, 3.05) is 0 Å². The van der Waals surface area contributed by atoms with Crippen molar-refractivity contribution in [2.45, 2.75) is 26.7 Å². The van der Waals surface area contributed by atoms with Gasteiger partial charge in [-0.2, -0.15) is 0 Å². The predicted octanol–water partition coefficient (Wildman–Crippen LogP) is 5.69. The highest BCUT2D eigenvalue weighted by Gasteiger charge is 2.22. The van der Waals surface area contributed by atoms with Crippen LogP contribution in [-0.2, 0) is 0 Å². The van der Waals surface area contributed by atoms with E-state index in [2.05, 4.69) is 0 Å². The smallest absolute Gasteiger partial charge is 0.336 e. The number of aromatic carboxylic acids is 1. The highest BCUT2D eigenvalue weighted by atomic mass is 16.4. The van der Waals surface area contributed by atoms with Gasteiger partial charge in [-0.15, -0.1) is 0 Å².